The highest BCUT2D eigenvalue weighted by atomic mass is 35.5. The van der Waals surface area contributed by atoms with Crippen LogP contribution in [0, 0.1) is 0 Å². The third-order valence-corrected chi connectivity index (χ3v) is 4.26. The van der Waals surface area contributed by atoms with Gasteiger partial charge in [-0.05, 0) is 29.8 Å². The Morgan fingerprint density at radius 1 is 1.19 bits per heavy atom. The standard InChI is InChI=1S/C20H19ClN4O2/c1-25(13-14-6-4-3-5-7-14)18-10-11-22-20(24-18)23-17-12-15(19(26)27-2)8-9-16(17)21/h3-12H,13H2,1-2H3,(H,22,23,24). The molecule has 1 aromatic heterocycles. The fourth-order valence-corrected chi connectivity index (χ4v) is 2.71. The normalized spacial score (nSPS) is 10.3. The average molecular weight is 383 g/mol. The first-order chi connectivity index (χ1) is 13.1. The van der Waals surface area contributed by atoms with Gasteiger partial charge in [0.2, 0.25) is 5.95 Å². The number of carbonyl (C=O) groups is 1. The van der Waals surface area contributed by atoms with Gasteiger partial charge in [-0.1, -0.05) is 41.9 Å². The maximum Gasteiger partial charge on any atom is 0.337 e. The first-order valence-electron chi connectivity index (χ1n) is 8.30. The number of rotatable bonds is 6. The lowest BCUT2D eigenvalue weighted by molar-refractivity contribution is 0.0601. The highest BCUT2D eigenvalue weighted by molar-refractivity contribution is 6.33. The summed E-state index contributed by atoms with van der Waals surface area (Å²) in [5, 5.41) is 3.52. The number of benzene rings is 2. The lowest BCUT2D eigenvalue weighted by Crippen LogP contribution is -2.18. The summed E-state index contributed by atoms with van der Waals surface area (Å²) in [6, 6.07) is 16.8. The second-order valence-electron chi connectivity index (χ2n) is 5.89. The van der Waals surface area contributed by atoms with Crippen LogP contribution in [0.5, 0.6) is 0 Å². The molecule has 0 aliphatic heterocycles. The van der Waals surface area contributed by atoms with Gasteiger partial charge in [-0.3, -0.25) is 0 Å². The summed E-state index contributed by atoms with van der Waals surface area (Å²) in [5.41, 5.74) is 2.10. The summed E-state index contributed by atoms with van der Waals surface area (Å²) >= 11 is 6.22. The molecule has 0 aliphatic carbocycles. The van der Waals surface area contributed by atoms with Crippen LogP contribution in [-0.2, 0) is 11.3 Å². The maximum atomic E-state index is 11.7. The maximum absolute atomic E-state index is 11.7. The van der Waals surface area contributed by atoms with Crippen molar-refractivity contribution in [1.29, 1.82) is 0 Å². The van der Waals surface area contributed by atoms with E-state index in [0.717, 1.165) is 12.4 Å². The van der Waals surface area contributed by atoms with Crippen molar-refractivity contribution in [1.82, 2.24) is 9.97 Å². The second-order valence-corrected chi connectivity index (χ2v) is 6.30. The van der Waals surface area contributed by atoms with Gasteiger partial charge in [0.1, 0.15) is 5.82 Å². The Morgan fingerprint density at radius 3 is 2.70 bits per heavy atom. The number of ether oxygens (including phenoxy) is 1. The summed E-state index contributed by atoms with van der Waals surface area (Å²) in [6.07, 6.45) is 1.67. The topological polar surface area (TPSA) is 67.3 Å². The van der Waals surface area contributed by atoms with Crippen molar-refractivity contribution in [3.05, 3.63) is 76.9 Å². The number of anilines is 3. The van der Waals surface area contributed by atoms with E-state index in [0.29, 0.717) is 22.2 Å². The third kappa shape index (κ3) is 4.74. The number of esters is 1. The van der Waals surface area contributed by atoms with Crippen molar-refractivity contribution in [3.8, 4) is 0 Å². The SMILES string of the molecule is COC(=O)c1ccc(Cl)c(Nc2nccc(N(C)Cc3ccccc3)n2)c1. The molecule has 3 aromatic rings. The molecule has 0 spiro atoms. The molecule has 0 bridgehead atoms. The molecule has 0 radical (unpaired) electrons. The summed E-state index contributed by atoms with van der Waals surface area (Å²) in [5.74, 6) is 0.708. The fourth-order valence-electron chi connectivity index (χ4n) is 2.55. The summed E-state index contributed by atoms with van der Waals surface area (Å²) < 4.78 is 4.74. The van der Waals surface area contributed by atoms with Crippen LogP contribution in [-0.4, -0.2) is 30.1 Å². The number of carbonyl (C=O) groups excluding carboxylic acids is 1. The largest absolute Gasteiger partial charge is 0.465 e. The van der Waals surface area contributed by atoms with Crippen molar-refractivity contribution < 1.29 is 9.53 Å². The van der Waals surface area contributed by atoms with E-state index in [4.69, 9.17) is 16.3 Å². The van der Waals surface area contributed by atoms with Crippen LogP contribution >= 0.6 is 11.6 Å². The van der Waals surface area contributed by atoms with Gasteiger partial charge < -0.3 is 15.0 Å². The molecule has 0 saturated heterocycles. The van der Waals surface area contributed by atoms with Gasteiger partial charge in [0.15, 0.2) is 0 Å². The lowest BCUT2D eigenvalue weighted by Gasteiger charge is -2.19. The van der Waals surface area contributed by atoms with Gasteiger partial charge in [-0.15, -0.1) is 0 Å². The molecule has 138 valence electrons. The van der Waals surface area contributed by atoms with E-state index in [-0.39, 0.29) is 0 Å². The molecule has 0 unspecified atom stereocenters. The van der Waals surface area contributed by atoms with Crippen LogP contribution in [0.3, 0.4) is 0 Å². The van der Waals surface area contributed by atoms with E-state index < -0.39 is 5.97 Å². The molecule has 3 rings (SSSR count). The van der Waals surface area contributed by atoms with Gasteiger partial charge in [-0.25, -0.2) is 9.78 Å². The molecule has 0 aliphatic rings. The molecule has 0 amide bonds. The summed E-state index contributed by atoms with van der Waals surface area (Å²) in [4.78, 5) is 22.5. The number of hydrogen-bond acceptors (Lipinski definition) is 6. The van der Waals surface area contributed by atoms with Crippen LogP contribution in [0.4, 0.5) is 17.5 Å². The molecular formula is C20H19ClN4O2. The molecule has 0 saturated carbocycles. The minimum Gasteiger partial charge on any atom is -0.465 e. The van der Waals surface area contributed by atoms with Gasteiger partial charge in [0.05, 0.1) is 23.4 Å². The number of nitrogens with zero attached hydrogens (tertiary/aromatic N) is 3. The van der Waals surface area contributed by atoms with Crippen LogP contribution in [0.1, 0.15) is 15.9 Å². The van der Waals surface area contributed by atoms with Crippen molar-refractivity contribution in [2.24, 2.45) is 0 Å². The highest BCUT2D eigenvalue weighted by Gasteiger charge is 2.11. The number of nitrogens with one attached hydrogen (secondary N) is 1. The predicted octanol–water partition coefficient (Wildman–Crippen LogP) is 4.30. The van der Waals surface area contributed by atoms with Crippen LogP contribution in [0.25, 0.3) is 0 Å². The Morgan fingerprint density at radius 2 is 1.96 bits per heavy atom. The number of hydrogen-bond donors (Lipinski definition) is 1. The molecule has 0 fully saturated rings. The summed E-state index contributed by atoms with van der Waals surface area (Å²) in [6.45, 7) is 0.718. The van der Waals surface area contributed by atoms with Gasteiger partial charge in [0.25, 0.3) is 0 Å². The first kappa shape index (κ1) is 18.7. The molecule has 1 heterocycles. The smallest absolute Gasteiger partial charge is 0.337 e. The third-order valence-electron chi connectivity index (χ3n) is 3.93. The highest BCUT2D eigenvalue weighted by Crippen LogP contribution is 2.26. The molecule has 2 aromatic carbocycles. The number of aromatic nitrogens is 2. The molecule has 27 heavy (non-hydrogen) atoms. The molecule has 7 heteroatoms. The Labute approximate surface area is 162 Å². The van der Waals surface area contributed by atoms with Gasteiger partial charge >= 0.3 is 5.97 Å². The van der Waals surface area contributed by atoms with Crippen molar-refractivity contribution >= 4 is 35.0 Å². The zero-order valence-electron chi connectivity index (χ0n) is 15.0. The average Bonchev–Trinajstić information content (AvgIpc) is 2.70. The minimum atomic E-state index is -0.438. The Kier molecular flexibility index (Phi) is 5.88. The molecule has 1 N–H and O–H groups in total. The molecule has 0 atom stereocenters. The van der Waals surface area contributed by atoms with E-state index in [9.17, 15) is 4.79 Å². The molecular weight excluding hydrogens is 364 g/mol. The zero-order valence-corrected chi connectivity index (χ0v) is 15.8. The second kappa shape index (κ2) is 8.51. The van der Waals surface area contributed by atoms with E-state index >= 15 is 0 Å². The quantitative estimate of drug-likeness (QED) is 0.641. The predicted molar refractivity (Wildman–Crippen MR) is 107 cm³/mol. The van der Waals surface area contributed by atoms with Crippen molar-refractivity contribution in [2.75, 3.05) is 24.4 Å². The minimum absolute atomic E-state index is 0.385. The van der Waals surface area contributed by atoms with Crippen LogP contribution < -0.4 is 10.2 Å². The van der Waals surface area contributed by atoms with Crippen molar-refractivity contribution in [2.45, 2.75) is 6.54 Å². The Bertz CT molecular complexity index is 934. The lowest BCUT2D eigenvalue weighted by atomic mass is 10.2. The zero-order chi connectivity index (χ0) is 19.2. The fraction of sp³-hybridized carbons (Fsp3) is 0.150. The van der Waals surface area contributed by atoms with Gasteiger partial charge in [-0.2, -0.15) is 4.98 Å². The van der Waals surface area contributed by atoms with Crippen molar-refractivity contribution in [3.63, 3.8) is 0 Å². The van der Waals surface area contributed by atoms with Gasteiger partial charge in [0, 0.05) is 19.8 Å². The van der Waals surface area contributed by atoms with Crippen LogP contribution in [0.2, 0.25) is 5.02 Å². The monoisotopic (exact) mass is 382 g/mol. The number of methoxy groups -OCH3 is 1. The van der Waals surface area contributed by atoms with E-state index in [1.807, 2.05) is 36.2 Å². The Hall–Kier alpha value is -3.12. The van der Waals surface area contributed by atoms with Crippen LogP contribution in [0.15, 0.2) is 60.8 Å². The van der Waals surface area contributed by atoms with E-state index in [2.05, 4.69) is 27.4 Å². The summed E-state index contributed by atoms with van der Waals surface area (Å²) in [7, 11) is 3.29. The Balaban J connectivity index is 1.79. The van der Waals surface area contributed by atoms with E-state index in [1.165, 1.54) is 12.7 Å². The number of halogens is 1. The molecule has 6 nitrogen and oxygen atoms in total. The van der Waals surface area contributed by atoms with E-state index in [1.54, 1.807) is 24.4 Å². The first-order valence-corrected chi connectivity index (χ1v) is 8.67.